The average Bonchev–Trinajstić information content (AvgIpc) is 2.62. The molecule has 2 N–H and O–H groups in total. The highest BCUT2D eigenvalue weighted by atomic mass is 16.4. The SMILES string of the molecule is O=c1cc(N(CCO)CCO)oc2c(-c3ccccc3)cccc12. The lowest BCUT2D eigenvalue weighted by Crippen LogP contribution is -2.30. The minimum atomic E-state index is -0.148. The van der Waals surface area contributed by atoms with E-state index in [9.17, 15) is 15.0 Å². The van der Waals surface area contributed by atoms with Crippen molar-refractivity contribution in [1.29, 1.82) is 0 Å². The summed E-state index contributed by atoms with van der Waals surface area (Å²) in [4.78, 5) is 14.1. The van der Waals surface area contributed by atoms with Gasteiger partial charge in [-0.1, -0.05) is 42.5 Å². The van der Waals surface area contributed by atoms with E-state index in [1.54, 1.807) is 11.0 Å². The van der Waals surface area contributed by atoms with E-state index in [1.807, 2.05) is 42.5 Å². The molecule has 5 nitrogen and oxygen atoms in total. The van der Waals surface area contributed by atoms with Gasteiger partial charge in [-0.05, 0) is 11.6 Å². The first-order chi connectivity index (χ1) is 11.7. The van der Waals surface area contributed by atoms with Gasteiger partial charge in [0.1, 0.15) is 5.58 Å². The van der Waals surface area contributed by atoms with Crippen molar-refractivity contribution in [3.8, 4) is 11.1 Å². The van der Waals surface area contributed by atoms with Gasteiger partial charge in [-0.25, -0.2) is 0 Å². The summed E-state index contributed by atoms with van der Waals surface area (Å²) in [6.07, 6.45) is 0. The molecule has 1 heterocycles. The molecule has 24 heavy (non-hydrogen) atoms. The number of fused-ring (bicyclic) bond motifs is 1. The van der Waals surface area contributed by atoms with Gasteiger partial charge in [0, 0.05) is 24.7 Å². The Balaban J connectivity index is 2.20. The standard InChI is InChI=1S/C19H19NO4/c21-11-9-20(10-12-22)18-13-17(23)16-8-4-7-15(19(16)24-18)14-5-2-1-3-6-14/h1-8,13,21-22H,9-12H2. The van der Waals surface area contributed by atoms with E-state index in [1.165, 1.54) is 6.07 Å². The maximum Gasteiger partial charge on any atom is 0.200 e. The third kappa shape index (κ3) is 3.18. The lowest BCUT2D eigenvalue weighted by atomic mass is 10.0. The highest BCUT2D eigenvalue weighted by molar-refractivity contribution is 5.92. The second-order valence-electron chi connectivity index (χ2n) is 5.43. The second-order valence-corrected chi connectivity index (χ2v) is 5.43. The molecule has 0 unspecified atom stereocenters. The minimum absolute atomic E-state index is 0.0952. The van der Waals surface area contributed by atoms with Gasteiger partial charge < -0.3 is 19.5 Å². The Bertz CT molecular complexity index is 867. The molecule has 0 radical (unpaired) electrons. The van der Waals surface area contributed by atoms with Crippen molar-refractivity contribution in [3.63, 3.8) is 0 Å². The molecular weight excluding hydrogens is 306 g/mol. The Morgan fingerprint density at radius 3 is 2.29 bits per heavy atom. The fourth-order valence-corrected chi connectivity index (χ4v) is 2.74. The van der Waals surface area contributed by atoms with Gasteiger partial charge in [-0.15, -0.1) is 0 Å². The Labute approximate surface area is 139 Å². The zero-order chi connectivity index (χ0) is 16.9. The lowest BCUT2D eigenvalue weighted by Gasteiger charge is -2.21. The monoisotopic (exact) mass is 325 g/mol. The van der Waals surface area contributed by atoms with Crippen molar-refractivity contribution < 1.29 is 14.6 Å². The summed E-state index contributed by atoms with van der Waals surface area (Å²) in [5.74, 6) is 0.346. The number of rotatable bonds is 6. The van der Waals surface area contributed by atoms with Crippen molar-refractivity contribution in [1.82, 2.24) is 0 Å². The van der Waals surface area contributed by atoms with Crippen molar-refractivity contribution in [2.24, 2.45) is 0 Å². The molecule has 0 saturated carbocycles. The normalized spacial score (nSPS) is 10.9. The molecule has 0 aliphatic carbocycles. The number of benzene rings is 2. The molecule has 5 heteroatoms. The van der Waals surface area contributed by atoms with Crippen molar-refractivity contribution >= 4 is 16.9 Å². The quantitative estimate of drug-likeness (QED) is 0.727. The third-order valence-electron chi connectivity index (χ3n) is 3.88. The first-order valence-corrected chi connectivity index (χ1v) is 7.83. The van der Waals surface area contributed by atoms with Crippen molar-refractivity contribution in [3.05, 3.63) is 64.8 Å². The van der Waals surface area contributed by atoms with Crippen LogP contribution in [0, 0.1) is 0 Å². The molecule has 0 atom stereocenters. The fraction of sp³-hybridized carbons (Fsp3) is 0.211. The number of aliphatic hydroxyl groups excluding tert-OH is 2. The smallest absolute Gasteiger partial charge is 0.200 e. The van der Waals surface area contributed by atoms with Crippen LogP contribution >= 0.6 is 0 Å². The molecule has 1 aromatic heterocycles. The Kier molecular flexibility index (Phi) is 4.93. The highest BCUT2D eigenvalue weighted by Gasteiger charge is 2.14. The largest absolute Gasteiger partial charge is 0.440 e. The molecule has 0 spiro atoms. The van der Waals surface area contributed by atoms with E-state index in [0.29, 0.717) is 16.9 Å². The zero-order valence-electron chi connectivity index (χ0n) is 13.2. The second kappa shape index (κ2) is 7.29. The predicted octanol–water partition coefficient (Wildman–Crippen LogP) is 2.25. The van der Waals surface area contributed by atoms with Gasteiger partial charge in [-0.3, -0.25) is 4.79 Å². The number of hydrogen-bond donors (Lipinski definition) is 2. The molecule has 3 rings (SSSR count). The topological polar surface area (TPSA) is 73.9 Å². The van der Waals surface area contributed by atoms with Gasteiger partial charge in [0.15, 0.2) is 11.3 Å². The number of aliphatic hydroxyl groups is 2. The Hall–Kier alpha value is -2.63. The molecule has 124 valence electrons. The molecule has 3 aromatic rings. The fourth-order valence-electron chi connectivity index (χ4n) is 2.74. The maximum atomic E-state index is 12.5. The first-order valence-electron chi connectivity index (χ1n) is 7.83. The number of para-hydroxylation sites is 1. The zero-order valence-corrected chi connectivity index (χ0v) is 13.2. The van der Waals surface area contributed by atoms with E-state index < -0.39 is 0 Å². The lowest BCUT2D eigenvalue weighted by molar-refractivity contribution is 0.277. The summed E-state index contributed by atoms with van der Waals surface area (Å²) < 4.78 is 6.00. The summed E-state index contributed by atoms with van der Waals surface area (Å²) in [5, 5.41) is 18.9. The Morgan fingerprint density at radius 2 is 1.62 bits per heavy atom. The summed E-state index contributed by atoms with van der Waals surface area (Å²) in [6, 6.07) is 16.6. The van der Waals surface area contributed by atoms with Crippen LogP contribution in [0.15, 0.2) is 63.8 Å². The van der Waals surface area contributed by atoms with Crippen LogP contribution < -0.4 is 10.3 Å². The summed E-state index contributed by atoms with van der Waals surface area (Å²) in [6.45, 7) is 0.370. The third-order valence-corrected chi connectivity index (χ3v) is 3.88. The first kappa shape index (κ1) is 16.2. The van der Waals surface area contributed by atoms with Crippen LogP contribution in [-0.4, -0.2) is 36.5 Å². The molecule has 0 fully saturated rings. The van der Waals surface area contributed by atoms with E-state index in [0.717, 1.165) is 11.1 Å². The summed E-state index contributed by atoms with van der Waals surface area (Å²) >= 11 is 0. The van der Waals surface area contributed by atoms with Crippen LogP contribution in [0.3, 0.4) is 0 Å². The molecular formula is C19H19NO4. The molecule has 0 saturated heterocycles. The molecule has 0 aliphatic heterocycles. The van der Waals surface area contributed by atoms with Crippen LogP contribution in [0.5, 0.6) is 0 Å². The van der Waals surface area contributed by atoms with E-state index in [2.05, 4.69) is 0 Å². The number of nitrogens with zero attached hydrogens (tertiary/aromatic N) is 1. The Morgan fingerprint density at radius 1 is 0.917 bits per heavy atom. The van der Waals surface area contributed by atoms with Gasteiger partial charge in [0.05, 0.1) is 18.6 Å². The van der Waals surface area contributed by atoms with Crippen LogP contribution in [0.4, 0.5) is 5.88 Å². The van der Waals surface area contributed by atoms with Gasteiger partial charge in [0.25, 0.3) is 0 Å². The van der Waals surface area contributed by atoms with Crippen LogP contribution in [0.25, 0.3) is 22.1 Å². The highest BCUT2D eigenvalue weighted by Crippen LogP contribution is 2.29. The van der Waals surface area contributed by atoms with E-state index in [-0.39, 0.29) is 31.7 Å². The van der Waals surface area contributed by atoms with Crippen molar-refractivity contribution in [2.75, 3.05) is 31.2 Å². The van der Waals surface area contributed by atoms with Crippen LogP contribution in [0.1, 0.15) is 0 Å². The number of anilines is 1. The average molecular weight is 325 g/mol. The molecule has 0 bridgehead atoms. The minimum Gasteiger partial charge on any atom is -0.440 e. The number of hydrogen-bond acceptors (Lipinski definition) is 5. The summed E-state index contributed by atoms with van der Waals surface area (Å²) in [7, 11) is 0. The van der Waals surface area contributed by atoms with Gasteiger partial charge >= 0.3 is 0 Å². The predicted molar refractivity (Wildman–Crippen MR) is 94.3 cm³/mol. The summed E-state index contributed by atoms with van der Waals surface area (Å²) in [5.41, 5.74) is 2.15. The van der Waals surface area contributed by atoms with E-state index >= 15 is 0 Å². The van der Waals surface area contributed by atoms with Crippen molar-refractivity contribution in [2.45, 2.75) is 0 Å². The van der Waals surface area contributed by atoms with Gasteiger partial charge in [-0.2, -0.15) is 0 Å². The van der Waals surface area contributed by atoms with Gasteiger partial charge in [0.2, 0.25) is 0 Å². The molecule has 2 aromatic carbocycles. The molecule has 0 amide bonds. The van der Waals surface area contributed by atoms with E-state index in [4.69, 9.17) is 4.42 Å². The van der Waals surface area contributed by atoms with Crippen LogP contribution in [0.2, 0.25) is 0 Å². The maximum absolute atomic E-state index is 12.5. The van der Waals surface area contributed by atoms with Crippen LogP contribution in [-0.2, 0) is 0 Å². The molecule has 0 aliphatic rings.